The van der Waals surface area contributed by atoms with E-state index in [4.69, 9.17) is 4.98 Å². The molecular formula is C25H33N4RfS-. The molecule has 0 aromatic carbocycles. The second kappa shape index (κ2) is 10.9. The maximum Gasteiger partial charge on any atom is 0.170 e. The van der Waals surface area contributed by atoms with Crippen molar-refractivity contribution >= 4 is 35.8 Å². The Balaban J connectivity index is 0.00000272. The molecule has 2 aliphatic rings. The molecule has 0 spiro atoms. The van der Waals surface area contributed by atoms with Gasteiger partial charge in [-0.05, 0) is 56.7 Å². The predicted molar refractivity (Wildman–Crippen MR) is 130 cm³/mol. The van der Waals surface area contributed by atoms with E-state index in [0.717, 1.165) is 53.0 Å². The number of hydrogen-bond acceptors (Lipinski definition) is 5. The van der Waals surface area contributed by atoms with Gasteiger partial charge >= 0.3 is 0 Å². The first kappa shape index (κ1) is 22.7. The van der Waals surface area contributed by atoms with E-state index in [0.29, 0.717) is 5.92 Å². The van der Waals surface area contributed by atoms with E-state index in [2.05, 4.69) is 53.1 Å². The summed E-state index contributed by atoms with van der Waals surface area (Å²) in [5.41, 5.74) is 2.61. The van der Waals surface area contributed by atoms with Crippen LogP contribution >= 0.6 is 11.3 Å². The number of aliphatic imine (C=N–C) groups is 1. The average Bonchev–Trinajstić information content (AvgIpc) is 3.42. The molecule has 4 rings (SSSR count). The summed E-state index contributed by atoms with van der Waals surface area (Å²) in [6, 6.07) is 4.24. The molecule has 0 radical (unpaired) electrons. The number of anilines is 1. The van der Waals surface area contributed by atoms with Gasteiger partial charge in [-0.2, -0.15) is 6.42 Å². The van der Waals surface area contributed by atoms with Crippen molar-refractivity contribution in [2.24, 2.45) is 10.9 Å². The van der Waals surface area contributed by atoms with Gasteiger partial charge in [0.2, 0.25) is 0 Å². The van der Waals surface area contributed by atoms with Crippen molar-refractivity contribution in [3.05, 3.63) is 35.2 Å². The van der Waals surface area contributed by atoms with Crippen molar-refractivity contribution in [3.63, 3.8) is 0 Å². The molecule has 0 unspecified atom stereocenters. The second-order valence-electron chi connectivity index (χ2n) is 8.41. The summed E-state index contributed by atoms with van der Waals surface area (Å²) in [7, 11) is 0. The molecule has 6 heteroatoms. The number of allylic oxidation sites excluding steroid dienone is 1. The maximum atomic E-state index is 4.78. The Hall–Kier alpha value is -3.01. The summed E-state index contributed by atoms with van der Waals surface area (Å²) >= 11 is 1.71. The molecule has 3 heterocycles. The summed E-state index contributed by atoms with van der Waals surface area (Å²) in [6.45, 7) is 8.11. The quantitative estimate of drug-likeness (QED) is 0.240. The summed E-state index contributed by atoms with van der Waals surface area (Å²) in [6.07, 6.45) is 18.4. The van der Waals surface area contributed by atoms with Gasteiger partial charge in [0.05, 0.1) is 4.88 Å². The molecule has 0 bridgehead atoms. The van der Waals surface area contributed by atoms with Crippen LogP contribution in [-0.2, 0) is 0 Å². The van der Waals surface area contributed by atoms with Crippen LogP contribution in [0.5, 0.6) is 0 Å². The van der Waals surface area contributed by atoms with E-state index < -0.39 is 0 Å². The van der Waals surface area contributed by atoms with Gasteiger partial charge in [-0.3, -0.25) is 0 Å². The van der Waals surface area contributed by atoms with Gasteiger partial charge in [-0.1, -0.05) is 44.6 Å². The molecule has 1 aliphatic carbocycles. The monoisotopic (exact) mass is 688 g/mol. The van der Waals surface area contributed by atoms with Crippen LogP contribution < -0.4 is 4.90 Å². The van der Waals surface area contributed by atoms with Crippen LogP contribution in [0, 0.1) is 12.3 Å². The van der Waals surface area contributed by atoms with Crippen molar-refractivity contribution in [3.8, 4) is 10.6 Å². The van der Waals surface area contributed by atoms with Gasteiger partial charge in [0.25, 0.3) is 0 Å². The standard InChI is InChI=1S/C25H33N4S.Rf/c1-3-19(20-11-7-5-4-6-8-12-20)17-22-24(26-2)28-25(30-22)21-13-14-23(27-18-21)29-15-9-10-16-29;/h9,13-14,17-18,20H,2-8,10-12,15-16H2,1H3;/q-1;/b19-17+;. The van der Waals surface area contributed by atoms with Gasteiger partial charge in [0.15, 0.2) is 5.82 Å². The third kappa shape index (κ3) is 5.38. The van der Waals surface area contributed by atoms with E-state index in [9.17, 15) is 0 Å². The van der Waals surface area contributed by atoms with E-state index in [1.807, 2.05) is 6.20 Å². The fourth-order valence-corrected chi connectivity index (χ4v) is 5.64. The van der Waals surface area contributed by atoms with Crippen LogP contribution in [0.25, 0.3) is 16.6 Å². The van der Waals surface area contributed by atoms with Crippen LogP contribution in [0.1, 0.15) is 69.6 Å². The zero-order chi connectivity index (χ0) is 20.8. The Morgan fingerprint density at radius 1 is 1.26 bits per heavy atom. The Bertz CT molecular complexity index is 860. The minimum absolute atomic E-state index is 0. The normalized spacial score (nSPS) is 18.4. The number of pyridine rings is 1. The third-order valence-corrected chi connectivity index (χ3v) is 7.45. The van der Waals surface area contributed by atoms with Gasteiger partial charge < -0.3 is 11.3 Å². The van der Waals surface area contributed by atoms with Gasteiger partial charge in [0.1, 0.15) is 10.8 Å². The fourth-order valence-electron chi connectivity index (χ4n) is 4.65. The van der Waals surface area contributed by atoms with Crippen LogP contribution in [0.4, 0.5) is 11.6 Å². The van der Waals surface area contributed by atoms with Crippen LogP contribution in [0.2, 0.25) is 0 Å². The molecule has 0 amide bonds. The molecule has 2 aromatic rings. The summed E-state index contributed by atoms with van der Waals surface area (Å²) in [5.74, 6) is 2.51. The zero-order valence-corrected chi connectivity index (χ0v) is 26.1. The molecule has 1 aliphatic heterocycles. The minimum atomic E-state index is 0. The largest absolute Gasteiger partial charge is 0.389 e. The Morgan fingerprint density at radius 3 is 2.65 bits per heavy atom. The van der Waals surface area contributed by atoms with E-state index in [-0.39, 0.29) is 0 Å². The SMILES string of the molecule is C=Nc1nc(-c2ccc(N3C[CH-]CC3)nc2)sc1/C=C(\CC)C1CCCCCCC1.[Rf]. The predicted octanol–water partition coefficient (Wildman–Crippen LogP) is 7.11. The maximum absolute atomic E-state index is 4.78. The molecule has 1 saturated heterocycles. The van der Waals surface area contributed by atoms with Crippen LogP contribution in [-0.4, -0.2) is 29.8 Å². The number of rotatable bonds is 6. The first-order valence-electron chi connectivity index (χ1n) is 11.5. The number of nitrogens with zero attached hydrogens (tertiary/aromatic N) is 4. The van der Waals surface area contributed by atoms with E-state index in [1.165, 1.54) is 44.9 Å². The topological polar surface area (TPSA) is 41.4 Å². The molecule has 31 heavy (non-hydrogen) atoms. The molecule has 162 valence electrons. The molecule has 4 nitrogen and oxygen atoms in total. The molecule has 2 fully saturated rings. The first-order chi connectivity index (χ1) is 14.8. The minimum Gasteiger partial charge on any atom is -0.389 e. The second-order valence-corrected chi connectivity index (χ2v) is 9.44. The van der Waals surface area contributed by atoms with Crippen molar-refractivity contribution in [2.75, 3.05) is 18.0 Å². The Kier molecular flexibility index (Phi) is 7.94. The molecule has 2 aromatic heterocycles. The smallest absolute Gasteiger partial charge is 0.170 e. The number of aromatic nitrogens is 2. The molecule has 0 atom stereocenters. The van der Waals surface area contributed by atoms with Gasteiger partial charge in [-0.15, -0.1) is 17.9 Å². The first-order valence-corrected chi connectivity index (χ1v) is 12.3. The van der Waals surface area contributed by atoms with Crippen molar-refractivity contribution < 1.29 is 0 Å². The van der Waals surface area contributed by atoms with Crippen LogP contribution in [0.15, 0.2) is 28.9 Å². The number of thiazole rings is 1. The van der Waals surface area contributed by atoms with Crippen molar-refractivity contribution in [1.29, 1.82) is 0 Å². The van der Waals surface area contributed by atoms with Crippen molar-refractivity contribution in [1.82, 2.24) is 9.97 Å². The third-order valence-electron chi connectivity index (χ3n) is 6.41. The van der Waals surface area contributed by atoms with E-state index in [1.54, 1.807) is 16.9 Å². The number of hydrogen-bond donors (Lipinski definition) is 0. The summed E-state index contributed by atoms with van der Waals surface area (Å²) in [4.78, 5) is 17.1. The van der Waals surface area contributed by atoms with Crippen molar-refractivity contribution in [2.45, 2.75) is 64.7 Å². The molecule has 0 N–H and O–H groups in total. The molecule has 1 saturated carbocycles. The van der Waals surface area contributed by atoms with Gasteiger partial charge in [0, 0.05) is 11.8 Å². The fraction of sp³-hybridized carbons (Fsp3) is 0.520. The molecular weight excluding hydrogens is 655 g/mol. The zero-order valence-electron chi connectivity index (χ0n) is 18.9. The average molecular weight is 689 g/mol. The van der Waals surface area contributed by atoms with E-state index >= 15 is 0 Å². The summed E-state index contributed by atoms with van der Waals surface area (Å²) in [5, 5.41) is 0.976. The summed E-state index contributed by atoms with van der Waals surface area (Å²) < 4.78 is 0. The van der Waals surface area contributed by atoms with Gasteiger partial charge in [-0.25, -0.2) is 15.0 Å². The Morgan fingerprint density at radius 2 is 2.03 bits per heavy atom. The van der Waals surface area contributed by atoms with Crippen LogP contribution in [0.3, 0.4) is 0 Å². The Labute approximate surface area is 185 Å².